The second-order valence-electron chi connectivity index (χ2n) is 6.46. The first-order valence-electron chi connectivity index (χ1n) is 8.40. The number of hydrogen-bond donors (Lipinski definition) is 1. The van der Waals surface area contributed by atoms with E-state index in [2.05, 4.69) is 33.1 Å². The fourth-order valence-electron chi connectivity index (χ4n) is 3.56. The molecule has 0 fully saturated rings. The number of nitrogens with one attached hydrogen (secondary N) is 1. The number of benzene rings is 1. The molecule has 0 saturated carbocycles. The number of aromatic nitrogens is 2. The summed E-state index contributed by atoms with van der Waals surface area (Å²) < 4.78 is 0. The monoisotopic (exact) mass is 353 g/mol. The van der Waals surface area contributed by atoms with Gasteiger partial charge in [0.25, 0.3) is 5.56 Å². The molecule has 3 heterocycles. The van der Waals surface area contributed by atoms with Crippen LogP contribution in [0.3, 0.4) is 0 Å². The van der Waals surface area contributed by atoms with E-state index in [1.165, 1.54) is 29.5 Å². The predicted molar refractivity (Wildman–Crippen MR) is 101 cm³/mol. The molecule has 1 aliphatic rings. The molecule has 0 atom stereocenters. The van der Waals surface area contributed by atoms with Gasteiger partial charge in [-0.15, -0.1) is 11.3 Å². The molecular formula is C19H19N3O2S. The van der Waals surface area contributed by atoms with Crippen molar-refractivity contribution in [1.82, 2.24) is 9.97 Å². The highest BCUT2D eigenvalue weighted by Crippen LogP contribution is 2.29. The zero-order valence-electron chi connectivity index (χ0n) is 14.3. The van der Waals surface area contributed by atoms with Crippen molar-refractivity contribution >= 4 is 33.0 Å². The number of carbonyl (C=O) groups is 1. The summed E-state index contributed by atoms with van der Waals surface area (Å²) in [7, 11) is 0. The third kappa shape index (κ3) is 2.76. The molecule has 5 nitrogen and oxygen atoms in total. The Kier molecular flexibility index (Phi) is 3.92. The van der Waals surface area contributed by atoms with Gasteiger partial charge in [-0.25, -0.2) is 4.98 Å². The van der Waals surface area contributed by atoms with Gasteiger partial charge in [0.05, 0.1) is 16.8 Å². The first-order chi connectivity index (χ1) is 12.0. The Hall–Kier alpha value is -2.47. The van der Waals surface area contributed by atoms with E-state index >= 15 is 0 Å². The Balaban J connectivity index is 1.74. The van der Waals surface area contributed by atoms with Crippen LogP contribution in [0.15, 0.2) is 29.1 Å². The summed E-state index contributed by atoms with van der Waals surface area (Å²) in [6.07, 6.45) is 2.18. The Labute approximate surface area is 149 Å². The van der Waals surface area contributed by atoms with Gasteiger partial charge in [-0.1, -0.05) is 18.2 Å². The van der Waals surface area contributed by atoms with E-state index in [4.69, 9.17) is 0 Å². The van der Waals surface area contributed by atoms with Gasteiger partial charge in [0.2, 0.25) is 0 Å². The highest BCUT2D eigenvalue weighted by Gasteiger charge is 2.20. The minimum Gasteiger partial charge on any atom is -0.364 e. The zero-order chi connectivity index (χ0) is 17.6. The number of rotatable bonds is 3. The van der Waals surface area contributed by atoms with Crippen LogP contribution in [0.4, 0.5) is 5.69 Å². The van der Waals surface area contributed by atoms with Gasteiger partial charge in [-0.2, -0.15) is 0 Å². The normalized spacial score (nSPS) is 13.9. The summed E-state index contributed by atoms with van der Waals surface area (Å²) in [5.74, 6) is 0.622. The molecule has 1 aliphatic heterocycles. The minimum absolute atomic E-state index is 0.0218. The molecule has 0 spiro atoms. The van der Waals surface area contributed by atoms with Crippen LogP contribution in [0.1, 0.15) is 40.0 Å². The molecule has 1 aromatic carbocycles. The van der Waals surface area contributed by atoms with Crippen molar-refractivity contribution < 1.29 is 4.79 Å². The summed E-state index contributed by atoms with van der Waals surface area (Å²) in [5.41, 5.74) is 3.12. The summed E-state index contributed by atoms with van der Waals surface area (Å²) >= 11 is 1.31. The van der Waals surface area contributed by atoms with E-state index in [9.17, 15) is 9.59 Å². The van der Waals surface area contributed by atoms with E-state index in [0.717, 1.165) is 24.9 Å². The molecule has 0 unspecified atom stereocenters. The standard InChI is InChI=1S/C19H19N3O2S/c1-11-16-18(24)20-15(21-19(16)25-17(11)12(2)23)10-22-9-5-7-13-6-3-4-8-14(13)22/h3-4,6,8H,5,7,9-10H2,1-2H3,(H,20,21,24). The molecule has 0 saturated heterocycles. The van der Waals surface area contributed by atoms with Crippen LogP contribution in [0, 0.1) is 6.92 Å². The Morgan fingerprint density at radius 1 is 1.36 bits per heavy atom. The Morgan fingerprint density at radius 2 is 2.16 bits per heavy atom. The lowest BCUT2D eigenvalue weighted by Crippen LogP contribution is -2.30. The lowest BCUT2D eigenvalue weighted by atomic mass is 10.0. The van der Waals surface area contributed by atoms with Gasteiger partial charge in [0.15, 0.2) is 5.78 Å². The number of fused-ring (bicyclic) bond motifs is 2. The summed E-state index contributed by atoms with van der Waals surface area (Å²) in [6, 6.07) is 8.38. The zero-order valence-corrected chi connectivity index (χ0v) is 15.1. The number of para-hydroxylation sites is 1. The lowest BCUT2D eigenvalue weighted by molar-refractivity contribution is 0.102. The van der Waals surface area contributed by atoms with Gasteiger partial charge >= 0.3 is 0 Å². The maximum atomic E-state index is 12.5. The average Bonchev–Trinajstić information content (AvgIpc) is 2.92. The van der Waals surface area contributed by atoms with E-state index in [-0.39, 0.29) is 11.3 Å². The average molecular weight is 353 g/mol. The molecule has 0 aliphatic carbocycles. The van der Waals surface area contributed by atoms with E-state index < -0.39 is 0 Å². The fraction of sp³-hybridized carbons (Fsp3) is 0.316. The number of anilines is 1. The SMILES string of the molecule is CC(=O)c1sc2nc(CN3CCCc4ccccc43)[nH]c(=O)c2c1C. The quantitative estimate of drug-likeness (QED) is 0.733. The van der Waals surface area contributed by atoms with Crippen LogP contribution in [-0.4, -0.2) is 22.3 Å². The molecule has 128 valence electrons. The number of hydrogen-bond acceptors (Lipinski definition) is 5. The van der Waals surface area contributed by atoms with Crippen LogP contribution >= 0.6 is 11.3 Å². The number of aromatic amines is 1. The summed E-state index contributed by atoms with van der Waals surface area (Å²) in [5, 5.41) is 0.540. The summed E-state index contributed by atoms with van der Waals surface area (Å²) in [4.78, 5) is 35.3. The Morgan fingerprint density at radius 3 is 2.96 bits per heavy atom. The summed E-state index contributed by atoms with van der Waals surface area (Å²) in [6.45, 7) is 4.85. The third-order valence-corrected chi connectivity index (χ3v) is 6.00. The van der Waals surface area contributed by atoms with Gasteiger partial charge in [-0.3, -0.25) is 9.59 Å². The molecule has 0 bridgehead atoms. The van der Waals surface area contributed by atoms with Crippen molar-refractivity contribution in [1.29, 1.82) is 0 Å². The number of carbonyl (C=O) groups excluding carboxylic acids is 1. The maximum absolute atomic E-state index is 12.5. The molecule has 0 amide bonds. The second kappa shape index (κ2) is 6.11. The van der Waals surface area contributed by atoms with Crippen molar-refractivity contribution in [3.63, 3.8) is 0 Å². The minimum atomic E-state index is -0.161. The largest absolute Gasteiger partial charge is 0.364 e. The first-order valence-corrected chi connectivity index (χ1v) is 9.22. The lowest BCUT2D eigenvalue weighted by Gasteiger charge is -2.30. The molecule has 4 rings (SSSR count). The third-order valence-electron chi connectivity index (χ3n) is 4.72. The van der Waals surface area contributed by atoms with Crippen LogP contribution in [0.25, 0.3) is 10.2 Å². The van der Waals surface area contributed by atoms with E-state index in [0.29, 0.717) is 27.5 Å². The van der Waals surface area contributed by atoms with Gasteiger partial charge < -0.3 is 9.88 Å². The van der Waals surface area contributed by atoms with E-state index in [1.54, 1.807) is 0 Å². The van der Waals surface area contributed by atoms with Crippen molar-refractivity contribution in [2.75, 3.05) is 11.4 Å². The molecule has 0 radical (unpaired) electrons. The number of Topliss-reactive ketones (excluding diaryl/α,β-unsaturated/α-hetero) is 1. The van der Waals surface area contributed by atoms with Crippen molar-refractivity contribution in [3.05, 3.63) is 56.4 Å². The van der Waals surface area contributed by atoms with Crippen molar-refractivity contribution in [3.8, 4) is 0 Å². The van der Waals surface area contributed by atoms with Gasteiger partial charge in [0, 0.05) is 12.2 Å². The molecule has 3 aromatic rings. The van der Waals surface area contributed by atoms with Crippen molar-refractivity contribution in [2.45, 2.75) is 33.2 Å². The Bertz CT molecular complexity index is 1030. The number of nitrogens with zero attached hydrogens (tertiary/aromatic N) is 2. The van der Waals surface area contributed by atoms with Gasteiger partial charge in [0.1, 0.15) is 10.7 Å². The number of ketones is 1. The van der Waals surface area contributed by atoms with Crippen LogP contribution in [0.5, 0.6) is 0 Å². The highest BCUT2D eigenvalue weighted by molar-refractivity contribution is 7.20. The van der Waals surface area contributed by atoms with Gasteiger partial charge in [-0.05, 0) is 43.9 Å². The highest BCUT2D eigenvalue weighted by atomic mass is 32.1. The maximum Gasteiger partial charge on any atom is 0.259 e. The molecular weight excluding hydrogens is 334 g/mol. The number of aryl methyl sites for hydroxylation is 2. The second-order valence-corrected chi connectivity index (χ2v) is 7.46. The number of H-pyrrole nitrogens is 1. The smallest absolute Gasteiger partial charge is 0.259 e. The van der Waals surface area contributed by atoms with E-state index in [1.807, 2.05) is 13.0 Å². The van der Waals surface area contributed by atoms with Crippen LogP contribution < -0.4 is 10.5 Å². The van der Waals surface area contributed by atoms with Crippen LogP contribution in [0.2, 0.25) is 0 Å². The molecule has 1 N–H and O–H groups in total. The topological polar surface area (TPSA) is 66.1 Å². The molecule has 25 heavy (non-hydrogen) atoms. The predicted octanol–water partition coefficient (Wildman–Crippen LogP) is 3.45. The van der Waals surface area contributed by atoms with Crippen LogP contribution in [-0.2, 0) is 13.0 Å². The molecule has 2 aromatic heterocycles. The molecule has 6 heteroatoms. The first kappa shape index (κ1) is 16.0. The number of thiophene rings is 1. The van der Waals surface area contributed by atoms with Crippen molar-refractivity contribution in [2.24, 2.45) is 0 Å². The fourth-order valence-corrected chi connectivity index (χ4v) is 4.65.